The Morgan fingerprint density at radius 3 is 2.54 bits per heavy atom. The van der Waals surface area contributed by atoms with Crippen molar-refractivity contribution in [3.8, 4) is 5.75 Å². The molecule has 176 valence electrons. The summed E-state index contributed by atoms with van der Waals surface area (Å²) in [6, 6.07) is 21.0. The quantitative estimate of drug-likeness (QED) is 0.418. The summed E-state index contributed by atoms with van der Waals surface area (Å²) >= 11 is 0. The van der Waals surface area contributed by atoms with E-state index in [4.69, 9.17) is 9.15 Å². The van der Waals surface area contributed by atoms with E-state index in [9.17, 15) is 13.2 Å². The molecule has 0 saturated heterocycles. The lowest BCUT2D eigenvalue weighted by atomic mass is 10.0. The van der Waals surface area contributed by atoms with E-state index in [0.29, 0.717) is 29.0 Å². The van der Waals surface area contributed by atoms with E-state index in [1.807, 2.05) is 36.4 Å². The van der Waals surface area contributed by atoms with Crippen LogP contribution in [0.5, 0.6) is 5.75 Å². The zero-order valence-corrected chi connectivity index (χ0v) is 19.6. The summed E-state index contributed by atoms with van der Waals surface area (Å²) in [5.74, 6) is 0.861. The molecule has 3 heterocycles. The number of hydrogen-bond donors (Lipinski definition) is 0. The molecule has 9 heteroatoms. The standard InChI is InChI=1S/C26H21N3O5S/c1-33-19-12-10-17(11-13-19)20-15-22(23-8-4-14-34-23)29(27-20)25(30)16-28-21-7-2-5-18-6-3-9-24(26(18)21)35(28,31)32/h2-14,22H,15-16H2,1H3/t22-/m1/s1. The maximum atomic E-state index is 13.6. The maximum absolute atomic E-state index is 13.6. The molecule has 2 aliphatic rings. The van der Waals surface area contributed by atoms with Crippen LogP contribution in [0, 0.1) is 0 Å². The molecule has 35 heavy (non-hydrogen) atoms. The van der Waals surface area contributed by atoms with Gasteiger partial charge in [-0.05, 0) is 59.5 Å². The fraction of sp³-hybridized carbons (Fsp3) is 0.154. The highest BCUT2D eigenvalue weighted by molar-refractivity contribution is 7.93. The zero-order valence-electron chi connectivity index (χ0n) is 18.8. The van der Waals surface area contributed by atoms with E-state index in [-0.39, 0.29) is 11.4 Å². The summed E-state index contributed by atoms with van der Waals surface area (Å²) in [5, 5.41) is 7.41. The van der Waals surface area contributed by atoms with Crippen molar-refractivity contribution in [1.82, 2.24) is 5.01 Å². The van der Waals surface area contributed by atoms with Gasteiger partial charge in [0, 0.05) is 11.8 Å². The molecule has 3 aromatic carbocycles. The third-order valence-corrected chi connectivity index (χ3v) is 8.22. The first-order chi connectivity index (χ1) is 17.0. The Kier molecular flexibility index (Phi) is 4.89. The molecule has 0 unspecified atom stereocenters. The molecule has 6 rings (SSSR count). The summed E-state index contributed by atoms with van der Waals surface area (Å²) in [6.45, 7) is -0.368. The van der Waals surface area contributed by atoms with Crippen LogP contribution in [0.4, 0.5) is 5.69 Å². The number of benzene rings is 3. The summed E-state index contributed by atoms with van der Waals surface area (Å²) < 4.78 is 38.7. The number of hydrogen-bond acceptors (Lipinski definition) is 6. The van der Waals surface area contributed by atoms with Crippen molar-refractivity contribution < 1.29 is 22.4 Å². The van der Waals surface area contributed by atoms with Gasteiger partial charge in [-0.25, -0.2) is 13.4 Å². The Hall–Kier alpha value is -4.11. The van der Waals surface area contributed by atoms with Gasteiger partial charge in [-0.1, -0.05) is 24.3 Å². The third kappa shape index (κ3) is 3.38. The first-order valence-corrected chi connectivity index (χ1v) is 12.5. The van der Waals surface area contributed by atoms with Crippen LogP contribution in [0.15, 0.2) is 93.5 Å². The second kappa shape index (κ2) is 7.99. The predicted octanol–water partition coefficient (Wildman–Crippen LogP) is 4.33. The largest absolute Gasteiger partial charge is 0.497 e. The molecule has 8 nitrogen and oxygen atoms in total. The van der Waals surface area contributed by atoms with Gasteiger partial charge in [0.2, 0.25) is 0 Å². The van der Waals surface area contributed by atoms with Crippen LogP contribution in [-0.4, -0.2) is 38.7 Å². The number of methoxy groups -OCH3 is 1. The first-order valence-electron chi connectivity index (χ1n) is 11.1. The molecule has 0 spiro atoms. The lowest BCUT2D eigenvalue weighted by molar-refractivity contribution is -0.131. The van der Waals surface area contributed by atoms with E-state index in [0.717, 1.165) is 16.7 Å². The van der Waals surface area contributed by atoms with E-state index in [2.05, 4.69) is 5.10 Å². The van der Waals surface area contributed by atoms with Crippen LogP contribution in [0.3, 0.4) is 0 Å². The molecule has 1 amide bonds. The number of carbonyl (C=O) groups is 1. The van der Waals surface area contributed by atoms with Crippen molar-refractivity contribution >= 4 is 38.1 Å². The Labute approximate surface area is 202 Å². The molecule has 0 bridgehead atoms. The second-order valence-corrected chi connectivity index (χ2v) is 10.2. The van der Waals surface area contributed by atoms with Crippen molar-refractivity contribution in [2.45, 2.75) is 17.4 Å². The van der Waals surface area contributed by atoms with Gasteiger partial charge < -0.3 is 9.15 Å². The van der Waals surface area contributed by atoms with Gasteiger partial charge >= 0.3 is 0 Å². The van der Waals surface area contributed by atoms with E-state index >= 15 is 0 Å². The van der Waals surface area contributed by atoms with Crippen molar-refractivity contribution in [2.75, 3.05) is 18.0 Å². The number of hydrazone groups is 1. The number of furan rings is 1. The second-order valence-electron chi connectivity index (χ2n) is 8.39. The van der Waals surface area contributed by atoms with E-state index in [1.54, 1.807) is 49.8 Å². The van der Waals surface area contributed by atoms with Gasteiger partial charge in [-0.15, -0.1) is 0 Å². The molecule has 4 aromatic rings. The average Bonchev–Trinajstić information content (AvgIpc) is 3.60. The molecule has 0 radical (unpaired) electrons. The summed E-state index contributed by atoms with van der Waals surface area (Å²) in [5.41, 5.74) is 2.06. The number of rotatable bonds is 5. The molecule has 1 atom stereocenters. The Morgan fingerprint density at radius 1 is 1.06 bits per heavy atom. The van der Waals surface area contributed by atoms with Gasteiger partial charge in [-0.2, -0.15) is 5.10 Å². The van der Waals surface area contributed by atoms with E-state index in [1.165, 1.54) is 9.31 Å². The van der Waals surface area contributed by atoms with Crippen molar-refractivity contribution in [3.63, 3.8) is 0 Å². The molecule has 2 aliphatic heterocycles. The lowest BCUT2D eigenvalue weighted by Crippen LogP contribution is -2.39. The van der Waals surface area contributed by atoms with Gasteiger partial charge in [0.05, 0.1) is 29.7 Å². The summed E-state index contributed by atoms with van der Waals surface area (Å²) in [6.07, 6.45) is 1.99. The minimum absolute atomic E-state index is 0.213. The minimum atomic E-state index is -3.87. The number of amides is 1. The highest BCUT2D eigenvalue weighted by Crippen LogP contribution is 2.42. The van der Waals surface area contributed by atoms with Crippen LogP contribution in [0.1, 0.15) is 23.8 Å². The van der Waals surface area contributed by atoms with E-state index < -0.39 is 22.0 Å². The first kappa shape index (κ1) is 21.4. The fourth-order valence-electron chi connectivity index (χ4n) is 4.72. The van der Waals surface area contributed by atoms with Crippen LogP contribution in [0.2, 0.25) is 0 Å². The normalized spacial score (nSPS) is 18.2. The summed E-state index contributed by atoms with van der Waals surface area (Å²) in [4.78, 5) is 13.8. The Morgan fingerprint density at radius 2 is 1.83 bits per heavy atom. The molecule has 0 aliphatic carbocycles. The maximum Gasteiger partial charge on any atom is 0.265 e. The van der Waals surface area contributed by atoms with Gasteiger partial charge in [0.1, 0.15) is 24.1 Å². The van der Waals surface area contributed by atoms with Gasteiger partial charge in [0.25, 0.3) is 15.9 Å². The number of nitrogens with zero attached hydrogens (tertiary/aromatic N) is 3. The lowest BCUT2D eigenvalue weighted by Gasteiger charge is -2.24. The molecule has 0 N–H and O–H groups in total. The van der Waals surface area contributed by atoms with Crippen LogP contribution in [-0.2, 0) is 14.8 Å². The fourth-order valence-corrected chi connectivity index (χ4v) is 6.38. The highest BCUT2D eigenvalue weighted by atomic mass is 32.2. The molecule has 1 aromatic heterocycles. The van der Waals surface area contributed by atoms with Crippen molar-refractivity contribution in [2.24, 2.45) is 5.10 Å². The Balaban J connectivity index is 1.36. The predicted molar refractivity (Wildman–Crippen MR) is 131 cm³/mol. The molecular weight excluding hydrogens is 466 g/mol. The van der Waals surface area contributed by atoms with Crippen LogP contribution >= 0.6 is 0 Å². The number of ether oxygens (including phenoxy) is 1. The summed E-state index contributed by atoms with van der Waals surface area (Å²) in [7, 11) is -2.27. The SMILES string of the molecule is COc1ccc(C2=NN(C(=O)CN3c4cccc5cccc(c45)S3(=O)=O)[C@@H](c3ccco3)C2)cc1. The number of anilines is 1. The smallest absolute Gasteiger partial charge is 0.265 e. The monoisotopic (exact) mass is 487 g/mol. The van der Waals surface area contributed by atoms with Crippen LogP contribution < -0.4 is 9.04 Å². The minimum Gasteiger partial charge on any atom is -0.497 e. The average molecular weight is 488 g/mol. The number of sulfonamides is 1. The van der Waals surface area contributed by atoms with Gasteiger partial charge in [-0.3, -0.25) is 9.10 Å². The highest BCUT2D eigenvalue weighted by Gasteiger charge is 2.40. The number of carbonyl (C=O) groups excluding carboxylic acids is 1. The topological polar surface area (TPSA) is 92.4 Å². The molecule has 0 fully saturated rings. The third-order valence-electron chi connectivity index (χ3n) is 6.42. The van der Waals surface area contributed by atoms with Crippen molar-refractivity contribution in [3.05, 3.63) is 90.4 Å². The Bertz CT molecular complexity index is 1570. The van der Waals surface area contributed by atoms with Crippen LogP contribution in [0.25, 0.3) is 10.8 Å². The molecular formula is C26H21N3O5S. The van der Waals surface area contributed by atoms with Gasteiger partial charge in [0.15, 0.2) is 0 Å². The zero-order chi connectivity index (χ0) is 24.2. The molecule has 0 saturated carbocycles. The van der Waals surface area contributed by atoms with Crippen molar-refractivity contribution in [1.29, 1.82) is 0 Å².